The molecule has 0 spiro atoms. The van der Waals surface area contributed by atoms with Crippen LogP contribution in [-0.4, -0.2) is 30.9 Å². The molecule has 0 atom stereocenters. The summed E-state index contributed by atoms with van der Waals surface area (Å²) in [5.74, 6) is -0.791. The number of para-hydroxylation sites is 2. The average molecular weight is 427 g/mol. The molecule has 1 aliphatic carbocycles. The molecule has 156 valence electrons. The molecule has 1 N–H and O–H groups in total. The summed E-state index contributed by atoms with van der Waals surface area (Å²) < 4.78 is 5.39. The van der Waals surface area contributed by atoms with Crippen LogP contribution < -0.4 is 10.2 Å². The van der Waals surface area contributed by atoms with E-state index in [2.05, 4.69) is 5.32 Å². The van der Waals surface area contributed by atoms with Crippen molar-refractivity contribution in [1.82, 2.24) is 0 Å². The molecular formula is C23H23ClN2O4. The highest BCUT2D eigenvalue weighted by molar-refractivity contribution is 6.30. The predicted molar refractivity (Wildman–Crippen MR) is 115 cm³/mol. The monoisotopic (exact) mass is 426 g/mol. The van der Waals surface area contributed by atoms with Crippen molar-refractivity contribution in [3.8, 4) is 0 Å². The number of halogens is 1. The van der Waals surface area contributed by atoms with Gasteiger partial charge in [0.15, 0.2) is 6.61 Å². The summed E-state index contributed by atoms with van der Waals surface area (Å²) in [4.78, 5) is 39.0. The Bertz CT molecular complexity index is 969. The van der Waals surface area contributed by atoms with Gasteiger partial charge >= 0.3 is 5.97 Å². The fraction of sp³-hybridized carbons (Fsp3) is 0.348. The first-order valence-electron chi connectivity index (χ1n) is 10.1. The standard InChI is InChI=1S/C23H23ClN2O4/c24-17-10-8-16(9-11-17)23(12-4-13-23)22(29)30-15-20(27)25-18-5-1-2-6-19(18)26-14-3-7-21(26)28/h1-2,5-6,8-11H,3-4,7,12-15H2,(H,25,27). The number of carbonyl (C=O) groups is 3. The topological polar surface area (TPSA) is 75.7 Å². The van der Waals surface area contributed by atoms with Gasteiger partial charge in [-0.25, -0.2) is 0 Å². The minimum absolute atomic E-state index is 0.0398. The fourth-order valence-electron chi connectivity index (χ4n) is 4.08. The number of nitrogens with zero attached hydrogens (tertiary/aromatic N) is 1. The van der Waals surface area contributed by atoms with Gasteiger partial charge in [-0.05, 0) is 49.1 Å². The van der Waals surface area contributed by atoms with Gasteiger partial charge in [-0.3, -0.25) is 14.4 Å². The van der Waals surface area contributed by atoms with Gasteiger partial charge < -0.3 is 15.0 Å². The van der Waals surface area contributed by atoms with Crippen LogP contribution in [0.3, 0.4) is 0 Å². The van der Waals surface area contributed by atoms with Crippen molar-refractivity contribution >= 4 is 40.8 Å². The molecule has 0 radical (unpaired) electrons. The Hall–Kier alpha value is -2.86. The van der Waals surface area contributed by atoms with Crippen molar-refractivity contribution in [2.45, 2.75) is 37.5 Å². The second kappa shape index (κ2) is 8.48. The highest BCUT2D eigenvalue weighted by atomic mass is 35.5. The van der Waals surface area contributed by atoms with Gasteiger partial charge in [0, 0.05) is 18.0 Å². The lowest BCUT2D eigenvalue weighted by atomic mass is 9.64. The van der Waals surface area contributed by atoms with Gasteiger partial charge in [0.2, 0.25) is 5.91 Å². The molecule has 0 unspecified atom stereocenters. The molecule has 4 rings (SSSR count). The van der Waals surface area contributed by atoms with Crippen LogP contribution in [0.1, 0.15) is 37.7 Å². The lowest BCUT2D eigenvalue weighted by Gasteiger charge is -2.39. The van der Waals surface area contributed by atoms with Gasteiger partial charge in [-0.2, -0.15) is 0 Å². The second-order valence-corrected chi connectivity index (χ2v) is 8.17. The third-order valence-corrected chi connectivity index (χ3v) is 6.12. The number of hydrogen-bond donors (Lipinski definition) is 1. The Balaban J connectivity index is 1.40. The molecular weight excluding hydrogens is 404 g/mol. The van der Waals surface area contributed by atoms with E-state index in [9.17, 15) is 14.4 Å². The summed E-state index contributed by atoms with van der Waals surface area (Å²) in [6.45, 7) is 0.251. The van der Waals surface area contributed by atoms with Crippen LogP contribution in [0.15, 0.2) is 48.5 Å². The lowest BCUT2D eigenvalue weighted by molar-refractivity contribution is -0.156. The maximum absolute atomic E-state index is 12.8. The van der Waals surface area contributed by atoms with E-state index in [1.54, 1.807) is 35.2 Å². The van der Waals surface area contributed by atoms with Gasteiger partial charge in [0.1, 0.15) is 0 Å². The van der Waals surface area contributed by atoms with Crippen molar-refractivity contribution in [3.63, 3.8) is 0 Å². The highest BCUT2D eigenvalue weighted by Gasteiger charge is 2.47. The summed E-state index contributed by atoms with van der Waals surface area (Å²) in [5.41, 5.74) is 1.35. The third kappa shape index (κ3) is 3.92. The smallest absolute Gasteiger partial charge is 0.317 e. The molecule has 1 saturated heterocycles. The van der Waals surface area contributed by atoms with E-state index in [-0.39, 0.29) is 12.5 Å². The molecule has 0 bridgehead atoms. The molecule has 7 heteroatoms. The normalized spacial score (nSPS) is 17.4. The number of benzene rings is 2. The Labute approximate surface area is 180 Å². The summed E-state index contributed by atoms with van der Waals surface area (Å²) >= 11 is 5.96. The molecule has 2 amide bonds. The Morgan fingerprint density at radius 2 is 1.80 bits per heavy atom. The first kappa shape index (κ1) is 20.4. The number of nitrogens with one attached hydrogen (secondary N) is 1. The van der Waals surface area contributed by atoms with Crippen LogP contribution in [0.2, 0.25) is 5.02 Å². The number of ether oxygens (including phenoxy) is 1. The molecule has 2 aromatic carbocycles. The number of rotatable bonds is 6. The van der Waals surface area contributed by atoms with E-state index < -0.39 is 17.3 Å². The molecule has 2 aliphatic rings. The van der Waals surface area contributed by atoms with Gasteiger partial charge in [0.25, 0.3) is 5.91 Å². The zero-order valence-corrected chi connectivity index (χ0v) is 17.3. The molecule has 1 saturated carbocycles. The van der Waals surface area contributed by atoms with Crippen LogP contribution >= 0.6 is 11.6 Å². The van der Waals surface area contributed by atoms with Crippen molar-refractivity contribution in [2.24, 2.45) is 0 Å². The van der Waals surface area contributed by atoms with E-state index in [0.717, 1.165) is 18.4 Å². The van der Waals surface area contributed by atoms with E-state index in [1.165, 1.54) is 0 Å². The van der Waals surface area contributed by atoms with E-state index in [0.29, 0.717) is 42.2 Å². The van der Waals surface area contributed by atoms with E-state index >= 15 is 0 Å². The zero-order valence-electron chi connectivity index (χ0n) is 16.5. The molecule has 0 aromatic heterocycles. The summed E-state index contributed by atoms with van der Waals surface area (Å²) in [7, 11) is 0. The lowest BCUT2D eigenvalue weighted by Crippen LogP contribution is -2.44. The number of esters is 1. The maximum atomic E-state index is 12.8. The van der Waals surface area contributed by atoms with Crippen LogP contribution in [0.25, 0.3) is 0 Å². The maximum Gasteiger partial charge on any atom is 0.317 e. The van der Waals surface area contributed by atoms with E-state index in [4.69, 9.17) is 16.3 Å². The molecule has 6 nitrogen and oxygen atoms in total. The van der Waals surface area contributed by atoms with Crippen LogP contribution in [-0.2, 0) is 24.5 Å². The highest BCUT2D eigenvalue weighted by Crippen LogP contribution is 2.45. The number of carbonyl (C=O) groups excluding carboxylic acids is 3. The van der Waals surface area contributed by atoms with Crippen molar-refractivity contribution in [2.75, 3.05) is 23.4 Å². The molecule has 2 fully saturated rings. The van der Waals surface area contributed by atoms with Gasteiger partial charge in [-0.15, -0.1) is 0 Å². The fourth-order valence-corrected chi connectivity index (χ4v) is 4.21. The zero-order chi connectivity index (χ0) is 21.1. The largest absolute Gasteiger partial charge is 0.455 e. The Kier molecular flexibility index (Phi) is 5.77. The molecule has 30 heavy (non-hydrogen) atoms. The minimum atomic E-state index is -0.704. The number of anilines is 2. The third-order valence-electron chi connectivity index (χ3n) is 5.87. The number of amides is 2. The summed E-state index contributed by atoms with van der Waals surface area (Å²) in [5, 5.41) is 3.38. The van der Waals surface area contributed by atoms with Crippen molar-refractivity contribution < 1.29 is 19.1 Å². The van der Waals surface area contributed by atoms with Crippen molar-refractivity contribution in [1.29, 1.82) is 0 Å². The second-order valence-electron chi connectivity index (χ2n) is 7.73. The Morgan fingerprint density at radius 3 is 2.43 bits per heavy atom. The quantitative estimate of drug-likeness (QED) is 0.706. The average Bonchev–Trinajstić information content (AvgIpc) is 3.13. The first-order chi connectivity index (χ1) is 14.5. The van der Waals surface area contributed by atoms with Gasteiger partial charge in [0.05, 0.1) is 16.8 Å². The minimum Gasteiger partial charge on any atom is -0.455 e. The predicted octanol–water partition coefficient (Wildman–Crippen LogP) is 4.07. The Morgan fingerprint density at radius 1 is 1.07 bits per heavy atom. The molecule has 1 aliphatic heterocycles. The summed E-state index contributed by atoms with van der Waals surface area (Å²) in [6, 6.07) is 14.3. The van der Waals surface area contributed by atoms with Gasteiger partial charge in [-0.1, -0.05) is 42.3 Å². The van der Waals surface area contributed by atoms with E-state index in [1.807, 2.05) is 18.2 Å². The van der Waals surface area contributed by atoms with Crippen molar-refractivity contribution in [3.05, 3.63) is 59.1 Å². The molecule has 2 aromatic rings. The van der Waals surface area contributed by atoms with Crippen LogP contribution in [0.5, 0.6) is 0 Å². The molecule has 1 heterocycles. The number of hydrogen-bond acceptors (Lipinski definition) is 4. The van der Waals surface area contributed by atoms with Crippen LogP contribution in [0.4, 0.5) is 11.4 Å². The summed E-state index contributed by atoms with van der Waals surface area (Å²) in [6.07, 6.45) is 3.61. The van der Waals surface area contributed by atoms with Crippen LogP contribution in [0, 0.1) is 0 Å². The SMILES string of the molecule is O=C(COC(=O)C1(c2ccc(Cl)cc2)CCC1)Nc1ccccc1N1CCCC1=O. The first-order valence-corrected chi connectivity index (χ1v) is 10.5.